The summed E-state index contributed by atoms with van der Waals surface area (Å²) < 4.78 is 0. The molecule has 0 atom stereocenters. The van der Waals surface area contributed by atoms with Crippen LogP contribution < -0.4 is 5.32 Å². The van der Waals surface area contributed by atoms with E-state index in [1.807, 2.05) is 11.8 Å². The summed E-state index contributed by atoms with van der Waals surface area (Å²) in [5.74, 6) is 2.40. The predicted molar refractivity (Wildman–Crippen MR) is 91.2 cm³/mol. The van der Waals surface area contributed by atoms with Crippen molar-refractivity contribution < 1.29 is 4.79 Å². The first-order valence-electron chi connectivity index (χ1n) is 7.26. The molecule has 0 unspecified atom stereocenters. The number of hydrogen-bond acceptors (Lipinski definition) is 3. The number of amides is 1. The molecule has 1 aromatic rings. The molecule has 0 aromatic carbocycles. The molecular formula is C15H20BrNOS2. The van der Waals surface area contributed by atoms with E-state index >= 15 is 0 Å². The van der Waals surface area contributed by atoms with E-state index in [1.54, 1.807) is 11.3 Å². The monoisotopic (exact) mass is 373 g/mol. The van der Waals surface area contributed by atoms with Gasteiger partial charge in [-0.2, -0.15) is 11.8 Å². The molecule has 110 valence electrons. The Morgan fingerprint density at radius 1 is 1.40 bits per heavy atom. The lowest BCUT2D eigenvalue weighted by Gasteiger charge is -2.26. The number of alkyl halides is 1. The van der Waals surface area contributed by atoms with Crippen LogP contribution in [0.1, 0.15) is 45.8 Å². The Labute approximate surface area is 137 Å². The van der Waals surface area contributed by atoms with Crippen molar-refractivity contribution in [3.63, 3.8) is 0 Å². The quantitative estimate of drug-likeness (QED) is 0.800. The summed E-state index contributed by atoms with van der Waals surface area (Å²) in [5.41, 5.74) is 1.68. The Morgan fingerprint density at radius 3 is 2.90 bits per heavy atom. The molecule has 2 aliphatic rings. The minimum absolute atomic E-state index is 0.127. The van der Waals surface area contributed by atoms with Gasteiger partial charge >= 0.3 is 0 Å². The van der Waals surface area contributed by atoms with Crippen LogP contribution in [0.3, 0.4) is 0 Å². The van der Waals surface area contributed by atoms with Crippen LogP contribution in [0.5, 0.6) is 0 Å². The van der Waals surface area contributed by atoms with Gasteiger partial charge in [0, 0.05) is 22.5 Å². The summed E-state index contributed by atoms with van der Waals surface area (Å²) in [6.45, 7) is 0.814. The summed E-state index contributed by atoms with van der Waals surface area (Å²) in [4.78, 5) is 14.7. The maximum Gasteiger partial charge on any atom is 0.261 e. The molecule has 1 N–H and O–H groups in total. The van der Waals surface area contributed by atoms with Crippen molar-refractivity contribution in [1.82, 2.24) is 5.32 Å². The van der Waals surface area contributed by atoms with E-state index in [-0.39, 0.29) is 5.91 Å². The SMILES string of the molecule is O=C(NCC1(CBr)CCCC1)c1cc2c(s1)CCSC2. The predicted octanol–water partition coefficient (Wildman–Crippen LogP) is 4.22. The Hall–Kier alpha value is -0.000000000000000111. The molecule has 20 heavy (non-hydrogen) atoms. The van der Waals surface area contributed by atoms with Gasteiger partial charge in [0.05, 0.1) is 4.88 Å². The fraction of sp³-hybridized carbons (Fsp3) is 0.667. The largest absolute Gasteiger partial charge is 0.351 e. The molecule has 1 aliphatic carbocycles. The zero-order valence-corrected chi connectivity index (χ0v) is 14.8. The van der Waals surface area contributed by atoms with Crippen molar-refractivity contribution in [2.75, 3.05) is 17.6 Å². The number of fused-ring (bicyclic) bond motifs is 1. The van der Waals surface area contributed by atoms with Crippen molar-refractivity contribution in [3.8, 4) is 0 Å². The van der Waals surface area contributed by atoms with Gasteiger partial charge in [0.2, 0.25) is 0 Å². The summed E-state index contributed by atoms with van der Waals surface area (Å²) in [7, 11) is 0. The maximum atomic E-state index is 12.4. The molecule has 5 heteroatoms. The van der Waals surface area contributed by atoms with Crippen LogP contribution in [0.2, 0.25) is 0 Å². The molecule has 2 nitrogen and oxygen atoms in total. The molecule has 1 fully saturated rings. The van der Waals surface area contributed by atoms with Gasteiger partial charge in [0.25, 0.3) is 5.91 Å². The smallest absolute Gasteiger partial charge is 0.261 e. The lowest BCUT2D eigenvalue weighted by atomic mass is 9.89. The van der Waals surface area contributed by atoms with E-state index in [0.717, 1.165) is 28.9 Å². The highest BCUT2D eigenvalue weighted by molar-refractivity contribution is 9.09. The highest BCUT2D eigenvalue weighted by Crippen LogP contribution is 2.39. The highest BCUT2D eigenvalue weighted by Gasteiger charge is 2.33. The van der Waals surface area contributed by atoms with Gasteiger partial charge in [-0.15, -0.1) is 11.3 Å². The van der Waals surface area contributed by atoms with E-state index in [0.29, 0.717) is 5.41 Å². The first kappa shape index (κ1) is 14.9. The van der Waals surface area contributed by atoms with E-state index in [1.165, 1.54) is 41.9 Å². The van der Waals surface area contributed by atoms with Gasteiger partial charge in [-0.3, -0.25) is 4.79 Å². The number of thiophene rings is 1. The number of carbonyl (C=O) groups excluding carboxylic acids is 1. The molecule has 0 bridgehead atoms. The first-order chi connectivity index (χ1) is 9.72. The molecule has 1 saturated carbocycles. The number of thioether (sulfide) groups is 1. The summed E-state index contributed by atoms with van der Waals surface area (Å²) >= 11 is 7.30. The Balaban J connectivity index is 1.63. The van der Waals surface area contributed by atoms with E-state index in [9.17, 15) is 4.79 Å². The third kappa shape index (κ3) is 3.09. The van der Waals surface area contributed by atoms with Crippen LogP contribution in [0, 0.1) is 5.41 Å². The number of carbonyl (C=O) groups is 1. The summed E-state index contributed by atoms with van der Waals surface area (Å²) in [6, 6.07) is 2.11. The topological polar surface area (TPSA) is 29.1 Å². The fourth-order valence-electron chi connectivity index (χ4n) is 3.10. The molecule has 0 saturated heterocycles. The zero-order chi connectivity index (χ0) is 14.0. The fourth-order valence-corrected chi connectivity index (χ4v) is 6.14. The Kier molecular flexibility index (Phi) is 4.78. The van der Waals surface area contributed by atoms with E-state index in [2.05, 4.69) is 27.3 Å². The van der Waals surface area contributed by atoms with Gasteiger partial charge in [0.1, 0.15) is 0 Å². The lowest BCUT2D eigenvalue weighted by Crippen LogP contribution is -2.36. The molecule has 3 rings (SSSR count). The molecular weight excluding hydrogens is 354 g/mol. The van der Waals surface area contributed by atoms with Crippen LogP contribution in [0.4, 0.5) is 0 Å². The Morgan fingerprint density at radius 2 is 2.20 bits per heavy atom. The highest BCUT2D eigenvalue weighted by atomic mass is 79.9. The molecule has 2 heterocycles. The van der Waals surface area contributed by atoms with Crippen LogP contribution in [0.15, 0.2) is 6.07 Å². The van der Waals surface area contributed by atoms with Crippen LogP contribution >= 0.6 is 39.0 Å². The minimum Gasteiger partial charge on any atom is -0.351 e. The second kappa shape index (κ2) is 6.41. The third-order valence-electron chi connectivity index (χ3n) is 4.42. The van der Waals surface area contributed by atoms with Crippen molar-refractivity contribution in [2.45, 2.75) is 37.9 Å². The maximum absolute atomic E-state index is 12.4. The van der Waals surface area contributed by atoms with Crippen LogP contribution in [-0.2, 0) is 12.2 Å². The van der Waals surface area contributed by atoms with Crippen molar-refractivity contribution in [1.29, 1.82) is 0 Å². The van der Waals surface area contributed by atoms with Crippen LogP contribution in [-0.4, -0.2) is 23.5 Å². The summed E-state index contributed by atoms with van der Waals surface area (Å²) in [5, 5.41) is 4.17. The molecule has 0 spiro atoms. The van der Waals surface area contributed by atoms with Crippen LogP contribution in [0.25, 0.3) is 0 Å². The number of halogens is 1. The number of aryl methyl sites for hydroxylation is 1. The van der Waals surface area contributed by atoms with E-state index < -0.39 is 0 Å². The lowest BCUT2D eigenvalue weighted by molar-refractivity contribution is 0.0939. The molecule has 0 radical (unpaired) electrons. The third-order valence-corrected chi connectivity index (χ3v) is 7.86. The number of nitrogens with one attached hydrogen (secondary N) is 1. The summed E-state index contributed by atoms with van der Waals surface area (Å²) in [6.07, 6.45) is 6.19. The van der Waals surface area contributed by atoms with Gasteiger partial charge in [-0.05, 0) is 42.1 Å². The van der Waals surface area contributed by atoms with Gasteiger partial charge in [0.15, 0.2) is 0 Å². The molecule has 1 aromatic heterocycles. The van der Waals surface area contributed by atoms with Crippen molar-refractivity contribution >= 4 is 44.9 Å². The molecule has 1 aliphatic heterocycles. The second-order valence-corrected chi connectivity index (χ2v) is 8.69. The number of rotatable bonds is 4. The molecule has 1 amide bonds. The van der Waals surface area contributed by atoms with E-state index in [4.69, 9.17) is 0 Å². The van der Waals surface area contributed by atoms with Gasteiger partial charge < -0.3 is 5.32 Å². The second-order valence-electron chi connectivity index (χ2n) is 5.89. The average Bonchev–Trinajstić information content (AvgIpc) is 3.12. The Bertz CT molecular complexity index is 471. The number of hydrogen-bond donors (Lipinski definition) is 1. The van der Waals surface area contributed by atoms with Crippen molar-refractivity contribution in [3.05, 3.63) is 21.4 Å². The zero-order valence-electron chi connectivity index (χ0n) is 11.5. The average molecular weight is 374 g/mol. The minimum atomic E-state index is 0.127. The standard InChI is InChI=1S/C15H20BrNOS2/c16-9-15(4-1-2-5-15)10-17-14(18)13-7-11-8-19-6-3-12(11)20-13/h7H,1-6,8-10H2,(H,17,18). The first-order valence-corrected chi connectivity index (χ1v) is 10.4. The normalized spacial score (nSPS) is 20.6. The van der Waals surface area contributed by atoms with Crippen molar-refractivity contribution in [2.24, 2.45) is 5.41 Å². The van der Waals surface area contributed by atoms with Gasteiger partial charge in [-0.25, -0.2) is 0 Å². The van der Waals surface area contributed by atoms with Gasteiger partial charge in [-0.1, -0.05) is 28.8 Å².